The molecule has 0 aliphatic carbocycles. The average molecular weight is 498 g/mol. The van der Waals surface area contributed by atoms with Gasteiger partial charge < -0.3 is 20.1 Å². The minimum absolute atomic E-state index is 0.0520. The minimum atomic E-state index is -3.70. The summed E-state index contributed by atoms with van der Waals surface area (Å²) in [7, 11) is -3.70. The number of carbonyl (C=O) groups excluding carboxylic acids is 1. The van der Waals surface area contributed by atoms with Gasteiger partial charge in [-0.15, -0.1) is 0 Å². The molecule has 0 saturated carbocycles. The number of hydrogen-bond acceptors (Lipinski definition) is 6. The lowest BCUT2D eigenvalue weighted by Crippen LogP contribution is -2.40. The van der Waals surface area contributed by atoms with Gasteiger partial charge in [0.15, 0.2) is 0 Å². The van der Waals surface area contributed by atoms with E-state index in [0.717, 1.165) is 16.3 Å². The molecule has 8 nitrogen and oxygen atoms in total. The summed E-state index contributed by atoms with van der Waals surface area (Å²) in [5, 5.41) is 8.36. The molecule has 0 aromatic heterocycles. The molecule has 35 heavy (non-hydrogen) atoms. The zero-order valence-corrected chi connectivity index (χ0v) is 20.8. The van der Waals surface area contributed by atoms with Crippen LogP contribution in [0.4, 0.5) is 5.69 Å². The van der Waals surface area contributed by atoms with Gasteiger partial charge >= 0.3 is 0 Å². The Morgan fingerprint density at radius 2 is 1.83 bits per heavy atom. The first-order valence-corrected chi connectivity index (χ1v) is 13.2. The monoisotopic (exact) mass is 497 g/mol. The second-order valence-electron chi connectivity index (χ2n) is 8.33. The number of benzene rings is 3. The summed E-state index contributed by atoms with van der Waals surface area (Å²) in [6.45, 7) is 5.60. The molecular weight excluding hydrogens is 466 g/mol. The minimum Gasteiger partial charge on any atom is -0.492 e. The highest BCUT2D eigenvalue weighted by Gasteiger charge is 2.27. The molecule has 2 N–H and O–H groups in total. The van der Waals surface area contributed by atoms with Gasteiger partial charge in [0, 0.05) is 19.1 Å². The number of rotatable bonds is 9. The molecule has 3 aromatic carbocycles. The van der Waals surface area contributed by atoms with Gasteiger partial charge in [0.2, 0.25) is 15.9 Å². The lowest BCUT2D eigenvalue weighted by atomic mass is 10.00. The first-order valence-electron chi connectivity index (χ1n) is 11.8. The van der Waals surface area contributed by atoms with Gasteiger partial charge in [-0.1, -0.05) is 42.5 Å². The summed E-state index contributed by atoms with van der Waals surface area (Å²) in [5.74, 6) is 0.128. The van der Waals surface area contributed by atoms with Crippen LogP contribution in [0, 0.1) is 0 Å². The van der Waals surface area contributed by atoms with Gasteiger partial charge in [-0.25, -0.2) is 8.42 Å². The molecule has 9 heteroatoms. The lowest BCUT2D eigenvalue weighted by Gasteiger charge is -2.26. The zero-order valence-electron chi connectivity index (χ0n) is 20.0. The topological polar surface area (TPSA) is 97.0 Å². The van der Waals surface area contributed by atoms with Crippen molar-refractivity contribution in [1.29, 1.82) is 0 Å². The molecule has 1 aliphatic heterocycles. The van der Waals surface area contributed by atoms with Crippen LogP contribution in [0.1, 0.15) is 25.5 Å². The van der Waals surface area contributed by atoms with Gasteiger partial charge in [0.25, 0.3) is 0 Å². The Morgan fingerprint density at radius 3 is 2.60 bits per heavy atom. The van der Waals surface area contributed by atoms with E-state index < -0.39 is 10.0 Å². The first-order chi connectivity index (χ1) is 16.9. The van der Waals surface area contributed by atoms with Gasteiger partial charge in [-0.2, -0.15) is 4.31 Å². The smallest absolute Gasteiger partial charge is 0.243 e. The molecule has 0 unspecified atom stereocenters. The Hall–Kier alpha value is -2.98. The number of morpholine rings is 1. The van der Waals surface area contributed by atoms with Crippen LogP contribution in [0.25, 0.3) is 10.8 Å². The van der Waals surface area contributed by atoms with Crippen molar-refractivity contribution < 1.29 is 22.7 Å². The fraction of sp³-hybridized carbons (Fsp3) is 0.346. The molecule has 0 radical (unpaired) electrons. The van der Waals surface area contributed by atoms with Crippen LogP contribution in [0.3, 0.4) is 0 Å². The van der Waals surface area contributed by atoms with E-state index >= 15 is 0 Å². The van der Waals surface area contributed by atoms with Crippen molar-refractivity contribution in [2.45, 2.75) is 24.8 Å². The van der Waals surface area contributed by atoms with Gasteiger partial charge in [0.05, 0.1) is 36.9 Å². The van der Waals surface area contributed by atoms with E-state index in [9.17, 15) is 13.2 Å². The van der Waals surface area contributed by atoms with Crippen LogP contribution < -0.4 is 15.4 Å². The number of nitrogens with zero attached hydrogens (tertiary/aromatic N) is 1. The summed E-state index contributed by atoms with van der Waals surface area (Å²) in [6, 6.07) is 18.7. The van der Waals surface area contributed by atoms with Crippen LogP contribution >= 0.6 is 0 Å². The van der Waals surface area contributed by atoms with Crippen LogP contribution in [0.15, 0.2) is 65.6 Å². The van der Waals surface area contributed by atoms with Crippen molar-refractivity contribution in [3.63, 3.8) is 0 Å². The van der Waals surface area contributed by atoms with E-state index in [1.807, 2.05) is 38.1 Å². The maximum atomic E-state index is 13.1. The number of carbonyl (C=O) groups is 1. The zero-order chi connectivity index (χ0) is 24.8. The Morgan fingerprint density at radius 1 is 1.09 bits per heavy atom. The molecule has 0 spiro atoms. The molecule has 1 heterocycles. The van der Waals surface area contributed by atoms with Gasteiger partial charge in [0.1, 0.15) is 5.75 Å². The van der Waals surface area contributed by atoms with Crippen molar-refractivity contribution in [2.24, 2.45) is 0 Å². The molecule has 0 bridgehead atoms. The number of amides is 1. The van der Waals surface area contributed by atoms with Crippen LogP contribution in [-0.4, -0.2) is 58.1 Å². The molecule has 1 fully saturated rings. The molecule has 4 rings (SSSR count). The predicted molar refractivity (Wildman–Crippen MR) is 136 cm³/mol. The fourth-order valence-corrected chi connectivity index (χ4v) is 5.60. The number of anilines is 1. The van der Waals surface area contributed by atoms with E-state index in [-0.39, 0.29) is 23.4 Å². The maximum absolute atomic E-state index is 13.1. The summed E-state index contributed by atoms with van der Waals surface area (Å²) < 4.78 is 38.5. The molecule has 1 atom stereocenters. The average Bonchev–Trinajstić information content (AvgIpc) is 2.88. The molecule has 1 aliphatic rings. The highest BCUT2D eigenvalue weighted by Crippen LogP contribution is 2.30. The number of sulfonamides is 1. The summed E-state index contributed by atoms with van der Waals surface area (Å²) in [4.78, 5) is 12.9. The number of hydrogen-bond donors (Lipinski definition) is 2. The van der Waals surface area contributed by atoms with E-state index in [4.69, 9.17) is 9.47 Å². The van der Waals surface area contributed by atoms with Crippen LogP contribution in [0.2, 0.25) is 0 Å². The van der Waals surface area contributed by atoms with Crippen molar-refractivity contribution in [3.8, 4) is 5.75 Å². The quantitative estimate of drug-likeness (QED) is 0.469. The second kappa shape index (κ2) is 11.2. The largest absolute Gasteiger partial charge is 0.492 e. The van der Waals surface area contributed by atoms with Gasteiger partial charge in [-0.3, -0.25) is 4.79 Å². The highest BCUT2D eigenvalue weighted by molar-refractivity contribution is 7.89. The fourth-order valence-electron chi connectivity index (χ4n) is 4.16. The van der Waals surface area contributed by atoms with Crippen molar-refractivity contribution in [1.82, 2.24) is 9.62 Å². The van der Waals surface area contributed by atoms with Crippen molar-refractivity contribution in [2.75, 3.05) is 44.8 Å². The first kappa shape index (κ1) is 25.1. The molecule has 1 saturated heterocycles. The Balaban J connectivity index is 1.48. The second-order valence-corrected chi connectivity index (χ2v) is 10.3. The van der Waals surface area contributed by atoms with Crippen LogP contribution in [0.5, 0.6) is 5.75 Å². The summed E-state index contributed by atoms with van der Waals surface area (Å²) >= 11 is 0. The Labute approximate surface area is 206 Å². The number of ether oxygens (including phenoxy) is 2. The van der Waals surface area contributed by atoms with Crippen molar-refractivity contribution >= 4 is 32.4 Å². The van der Waals surface area contributed by atoms with E-state index in [0.29, 0.717) is 44.3 Å². The molecule has 186 valence electrons. The highest BCUT2D eigenvalue weighted by atomic mass is 32.2. The molecular formula is C26H31N3O5S. The van der Waals surface area contributed by atoms with E-state index in [2.05, 4.69) is 28.8 Å². The van der Waals surface area contributed by atoms with E-state index in [1.54, 1.807) is 6.07 Å². The number of fused-ring (bicyclic) bond motifs is 1. The predicted octanol–water partition coefficient (Wildman–Crippen LogP) is 3.55. The van der Waals surface area contributed by atoms with Crippen molar-refractivity contribution in [3.05, 3.63) is 66.2 Å². The number of nitrogens with one attached hydrogen (secondary N) is 2. The summed E-state index contributed by atoms with van der Waals surface area (Å²) in [5.41, 5.74) is 1.43. The molecule has 1 amide bonds. The Bertz CT molecular complexity index is 1280. The third-order valence-corrected chi connectivity index (χ3v) is 7.89. The lowest BCUT2D eigenvalue weighted by molar-refractivity contribution is -0.115. The SMILES string of the molecule is CCOc1ccc(S(=O)(=O)N2CCOCC2)cc1NC(=O)CN[C@@H](C)c1cccc2ccccc12. The standard InChI is InChI=1S/C26H31N3O5S/c1-3-34-25-12-11-21(35(31,32)29-13-15-33-16-14-29)17-24(25)28-26(30)18-27-19(2)22-10-6-8-20-7-4-5-9-23(20)22/h4-12,17,19,27H,3,13-16,18H2,1-2H3,(H,28,30)/t19-/m0/s1. The Kier molecular flexibility index (Phi) is 8.02. The third-order valence-electron chi connectivity index (χ3n) is 5.99. The summed E-state index contributed by atoms with van der Waals surface area (Å²) in [6.07, 6.45) is 0. The third kappa shape index (κ3) is 5.82. The van der Waals surface area contributed by atoms with Gasteiger partial charge in [-0.05, 0) is 48.4 Å². The van der Waals surface area contributed by atoms with Crippen LogP contribution in [-0.2, 0) is 19.6 Å². The molecule has 3 aromatic rings. The normalized spacial score (nSPS) is 15.6. The maximum Gasteiger partial charge on any atom is 0.243 e. The van der Waals surface area contributed by atoms with E-state index in [1.165, 1.54) is 16.4 Å².